The molecule has 1 aliphatic carbocycles. The summed E-state index contributed by atoms with van der Waals surface area (Å²) in [5.74, 6) is 0. The molecule has 1 saturated carbocycles. The molecule has 0 aromatic rings. The predicted octanol–water partition coefficient (Wildman–Crippen LogP) is 4.00. The van der Waals surface area contributed by atoms with Gasteiger partial charge in [-0.15, -0.1) is 0 Å². The number of allylic oxidation sites excluding steroid dienone is 12. The predicted molar refractivity (Wildman–Crippen MR) is 119 cm³/mol. The van der Waals surface area contributed by atoms with E-state index >= 15 is 0 Å². The van der Waals surface area contributed by atoms with Crippen LogP contribution in [0.15, 0.2) is 116 Å². The normalized spacial score (nSPS) is 22.3. The fourth-order valence-electron chi connectivity index (χ4n) is 3.11. The lowest BCUT2D eigenvalue weighted by Crippen LogP contribution is -1.97. The summed E-state index contributed by atoms with van der Waals surface area (Å²) in [6, 6.07) is -0.176. The smallest absolute Gasteiger partial charge is 0.213 e. The van der Waals surface area contributed by atoms with Crippen LogP contribution in [0.2, 0.25) is 0 Å². The number of hydrogen-bond donors (Lipinski definition) is 0. The van der Waals surface area contributed by atoms with Gasteiger partial charge in [0.1, 0.15) is 0 Å². The molecule has 0 spiro atoms. The third kappa shape index (κ3) is 4.20. The van der Waals surface area contributed by atoms with Crippen molar-refractivity contribution in [1.82, 2.24) is 0 Å². The first-order valence-corrected chi connectivity index (χ1v) is 9.68. The van der Waals surface area contributed by atoms with Crippen LogP contribution >= 0.6 is 0 Å². The molecule has 0 amide bonds. The summed E-state index contributed by atoms with van der Waals surface area (Å²) in [5, 5.41) is 9.57. The van der Waals surface area contributed by atoms with Crippen LogP contribution in [0.1, 0.15) is 12.8 Å². The zero-order valence-electron chi connectivity index (χ0n) is 16.0. The van der Waals surface area contributed by atoms with Gasteiger partial charge in [-0.1, -0.05) is 0 Å². The molecular weight excluding hydrogens is 378 g/mol. The van der Waals surface area contributed by atoms with Crippen LogP contribution in [0.5, 0.6) is 0 Å². The van der Waals surface area contributed by atoms with Gasteiger partial charge in [-0.05, 0) is 72.9 Å². The molecule has 6 aliphatic rings. The standard InChI is InChI=1S/C20H12N4.C3H5NO2/c1-2-14-10-16-5-6-18(23-16)12-20-8-7-19(24-20)11-17-4-3-15(22-17)9-13(1)21-14;5-4(6)3-1-2-3/h1-12H;3H,1-2H2. The highest BCUT2D eigenvalue weighted by molar-refractivity contribution is 6.14. The monoisotopic (exact) mass is 395 g/mol. The molecule has 0 unspecified atom stereocenters. The van der Waals surface area contributed by atoms with E-state index in [1.54, 1.807) is 0 Å². The van der Waals surface area contributed by atoms with E-state index in [9.17, 15) is 10.1 Å². The third-order valence-electron chi connectivity index (χ3n) is 4.76. The molecule has 7 heteroatoms. The van der Waals surface area contributed by atoms with E-state index in [2.05, 4.69) is 20.0 Å². The van der Waals surface area contributed by atoms with E-state index in [0.717, 1.165) is 58.5 Å². The summed E-state index contributed by atoms with van der Waals surface area (Å²) >= 11 is 0. The van der Waals surface area contributed by atoms with E-state index in [0.29, 0.717) is 0 Å². The summed E-state index contributed by atoms with van der Waals surface area (Å²) < 4.78 is 0. The van der Waals surface area contributed by atoms with E-state index < -0.39 is 0 Å². The van der Waals surface area contributed by atoms with Crippen molar-refractivity contribution in [3.8, 4) is 0 Å². The average Bonchev–Trinajstić information content (AvgIpc) is 3.04. The maximum atomic E-state index is 9.57. The molecule has 0 saturated heterocycles. The minimum atomic E-state index is -0.222. The van der Waals surface area contributed by atoms with Gasteiger partial charge in [0.05, 0.1) is 45.6 Å². The molecular formula is C23H17N5O2. The molecule has 5 aliphatic heterocycles. The first-order chi connectivity index (χ1) is 14.6. The fraction of sp³-hybridized carbons (Fsp3) is 0.130. The van der Waals surface area contributed by atoms with Gasteiger partial charge in [0.2, 0.25) is 6.04 Å². The van der Waals surface area contributed by atoms with E-state index in [4.69, 9.17) is 0 Å². The molecule has 6 rings (SSSR count). The zero-order valence-corrected chi connectivity index (χ0v) is 16.0. The Morgan fingerprint density at radius 1 is 0.600 bits per heavy atom. The van der Waals surface area contributed by atoms with Crippen molar-refractivity contribution in [2.45, 2.75) is 18.9 Å². The van der Waals surface area contributed by atoms with Gasteiger partial charge in [0.25, 0.3) is 0 Å². The van der Waals surface area contributed by atoms with Crippen molar-refractivity contribution < 1.29 is 4.92 Å². The summed E-state index contributed by atoms with van der Waals surface area (Å²) in [6.07, 6.45) is 25.4. The second-order valence-corrected chi connectivity index (χ2v) is 7.27. The van der Waals surface area contributed by atoms with Crippen molar-refractivity contribution >= 4 is 22.8 Å². The van der Waals surface area contributed by atoms with Crippen molar-refractivity contribution in [3.63, 3.8) is 0 Å². The Labute approximate surface area is 172 Å². The topological polar surface area (TPSA) is 92.6 Å². The lowest BCUT2D eigenvalue weighted by atomic mass is 10.2. The average molecular weight is 395 g/mol. The number of nitro groups is 1. The first kappa shape index (κ1) is 18.1. The molecule has 30 heavy (non-hydrogen) atoms. The van der Waals surface area contributed by atoms with E-state index in [-0.39, 0.29) is 11.0 Å². The molecule has 8 bridgehead atoms. The number of hydrogen-bond acceptors (Lipinski definition) is 6. The largest absolute Gasteiger partial charge is 0.264 e. The van der Waals surface area contributed by atoms with Crippen LogP contribution in [-0.4, -0.2) is 33.8 Å². The van der Waals surface area contributed by atoms with E-state index in [1.165, 1.54) is 0 Å². The summed E-state index contributed by atoms with van der Waals surface area (Å²) in [5.41, 5.74) is 7.15. The van der Waals surface area contributed by atoms with Crippen molar-refractivity contribution in [3.05, 3.63) is 106 Å². The Morgan fingerprint density at radius 3 is 1.10 bits per heavy atom. The number of nitrogens with zero attached hydrogens (tertiary/aromatic N) is 5. The Morgan fingerprint density at radius 2 is 0.900 bits per heavy atom. The molecule has 0 aromatic heterocycles. The van der Waals surface area contributed by atoms with Gasteiger partial charge in [-0.25, -0.2) is 20.0 Å². The Kier molecular flexibility index (Phi) is 4.48. The SMILES string of the molecule is C1=CC2=NC1=CC1=NC(=CC3=NC(=CC4=NC(=C2)C=C4)C=C3)C=C1.O=[N+]([O-])C1CC1. The highest BCUT2D eigenvalue weighted by Crippen LogP contribution is 2.22. The minimum absolute atomic E-state index is 0.176. The maximum absolute atomic E-state index is 9.57. The van der Waals surface area contributed by atoms with Gasteiger partial charge < -0.3 is 0 Å². The third-order valence-corrected chi connectivity index (χ3v) is 4.76. The first-order valence-electron chi connectivity index (χ1n) is 9.68. The number of fused-ring (bicyclic) bond motifs is 4. The molecule has 5 heterocycles. The van der Waals surface area contributed by atoms with Crippen molar-refractivity contribution in [2.24, 2.45) is 20.0 Å². The Bertz CT molecular complexity index is 1020. The second kappa shape index (κ2) is 7.44. The van der Waals surface area contributed by atoms with Gasteiger partial charge >= 0.3 is 0 Å². The highest BCUT2D eigenvalue weighted by Gasteiger charge is 2.33. The minimum Gasteiger partial charge on any atom is -0.264 e. The summed E-state index contributed by atoms with van der Waals surface area (Å²) in [4.78, 5) is 27.7. The maximum Gasteiger partial charge on any atom is 0.213 e. The summed E-state index contributed by atoms with van der Waals surface area (Å²) in [7, 11) is 0. The lowest BCUT2D eigenvalue weighted by Gasteiger charge is -1.94. The van der Waals surface area contributed by atoms with E-state index in [1.807, 2.05) is 72.9 Å². The molecule has 7 nitrogen and oxygen atoms in total. The van der Waals surface area contributed by atoms with Crippen LogP contribution in [0.3, 0.4) is 0 Å². The molecule has 0 N–H and O–H groups in total. The van der Waals surface area contributed by atoms with Crippen LogP contribution in [0.25, 0.3) is 0 Å². The Hall–Kier alpha value is -4.00. The second-order valence-electron chi connectivity index (χ2n) is 7.27. The van der Waals surface area contributed by atoms with Gasteiger partial charge in [0.15, 0.2) is 0 Å². The lowest BCUT2D eigenvalue weighted by molar-refractivity contribution is -0.494. The number of aliphatic imine (C=N–C) groups is 4. The van der Waals surface area contributed by atoms with Crippen molar-refractivity contribution in [1.29, 1.82) is 0 Å². The van der Waals surface area contributed by atoms with Crippen molar-refractivity contribution in [2.75, 3.05) is 0 Å². The van der Waals surface area contributed by atoms with Crippen LogP contribution in [0, 0.1) is 10.1 Å². The summed E-state index contributed by atoms with van der Waals surface area (Å²) in [6.45, 7) is 0. The van der Waals surface area contributed by atoms with Crippen LogP contribution < -0.4 is 0 Å². The van der Waals surface area contributed by atoms with Gasteiger partial charge in [-0.3, -0.25) is 10.1 Å². The van der Waals surface area contributed by atoms with Gasteiger partial charge in [0, 0.05) is 17.8 Å². The molecule has 146 valence electrons. The molecule has 0 aromatic carbocycles. The van der Waals surface area contributed by atoms with Gasteiger partial charge in [-0.2, -0.15) is 0 Å². The van der Waals surface area contributed by atoms with Crippen LogP contribution in [0.4, 0.5) is 0 Å². The highest BCUT2D eigenvalue weighted by atomic mass is 16.6. The Balaban J connectivity index is 0.000000279. The quantitative estimate of drug-likeness (QED) is 0.496. The van der Waals surface area contributed by atoms with Crippen LogP contribution in [-0.2, 0) is 0 Å². The number of rotatable bonds is 1. The fourth-order valence-corrected chi connectivity index (χ4v) is 3.11. The molecule has 0 atom stereocenters. The molecule has 0 radical (unpaired) electrons. The zero-order chi connectivity index (χ0) is 20.5. The molecule has 1 fully saturated rings.